The Bertz CT molecular complexity index is 601. The lowest BCUT2D eigenvalue weighted by Gasteiger charge is -2.32. The highest BCUT2D eigenvalue weighted by Gasteiger charge is 2.32. The number of ether oxygens (including phenoxy) is 1. The summed E-state index contributed by atoms with van der Waals surface area (Å²) in [7, 11) is 0. The molecular formula is C19H26N2O. The predicted octanol–water partition coefficient (Wildman–Crippen LogP) is 4.27. The molecule has 0 bridgehead atoms. The number of piperidine rings is 1. The Morgan fingerprint density at radius 3 is 2.50 bits per heavy atom. The summed E-state index contributed by atoms with van der Waals surface area (Å²) in [5, 5.41) is 2.37. The number of fused-ring (bicyclic) bond motifs is 1. The van der Waals surface area contributed by atoms with Gasteiger partial charge in [-0.3, -0.25) is 4.98 Å². The third-order valence-electron chi connectivity index (χ3n) is 4.45. The van der Waals surface area contributed by atoms with E-state index in [-0.39, 0.29) is 0 Å². The maximum absolute atomic E-state index is 6.16. The van der Waals surface area contributed by atoms with E-state index in [0.29, 0.717) is 6.10 Å². The van der Waals surface area contributed by atoms with Gasteiger partial charge in [0.05, 0.1) is 0 Å². The van der Waals surface area contributed by atoms with Gasteiger partial charge in [0.15, 0.2) is 0 Å². The topological polar surface area (TPSA) is 25.4 Å². The van der Waals surface area contributed by atoms with Crippen molar-refractivity contribution in [2.24, 2.45) is 0 Å². The van der Waals surface area contributed by atoms with Crippen LogP contribution in [0.4, 0.5) is 0 Å². The molecule has 0 amide bonds. The van der Waals surface area contributed by atoms with E-state index in [1.165, 1.54) is 36.7 Å². The van der Waals surface area contributed by atoms with E-state index in [0.717, 1.165) is 24.6 Å². The van der Waals surface area contributed by atoms with Gasteiger partial charge in [0.2, 0.25) is 0 Å². The lowest BCUT2D eigenvalue weighted by Crippen LogP contribution is -2.39. The fourth-order valence-electron chi connectivity index (χ4n) is 3.13. The van der Waals surface area contributed by atoms with Crippen LogP contribution in [0.25, 0.3) is 10.8 Å². The van der Waals surface area contributed by atoms with Crippen LogP contribution in [0.5, 0.6) is 5.75 Å². The minimum absolute atomic E-state index is 0.379. The van der Waals surface area contributed by atoms with Crippen molar-refractivity contribution in [1.82, 2.24) is 9.88 Å². The zero-order valence-electron chi connectivity index (χ0n) is 13.7. The fraction of sp³-hybridized carbons (Fsp3) is 0.526. The molecule has 2 fully saturated rings. The summed E-state index contributed by atoms with van der Waals surface area (Å²) in [6.07, 6.45) is 9.24. The Hall–Kier alpha value is -1.61. The number of likely N-dealkylation sites (tertiary alicyclic amines) is 1. The summed E-state index contributed by atoms with van der Waals surface area (Å²) in [6, 6.07) is 9.22. The molecule has 2 heterocycles. The zero-order chi connectivity index (χ0) is 15.4. The first-order chi connectivity index (χ1) is 10.9. The van der Waals surface area contributed by atoms with Gasteiger partial charge in [0, 0.05) is 36.9 Å². The summed E-state index contributed by atoms with van der Waals surface area (Å²) in [5.74, 6) is 0.994. The van der Waals surface area contributed by atoms with Crippen LogP contribution < -0.4 is 4.74 Å². The summed E-state index contributed by atoms with van der Waals surface area (Å²) in [6.45, 7) is 6.40. The van der Waals surface area contributed by atoms with Gasteiger partial charge in [-0.15, -0.1) is 0 Å². The normalized spacial score (nSPS) is 19.5. The predicted molar refractivity (Wildman–Crippen MR) is 91.3 cm³/mol. The number of nitrogens with zero attached hydrogens (tertiary/aromatic N) is 2. The van der Waals surface area contributed by atoms with Crippen molar-refractivity contribution in [3.63, 3.8) is 0 Å². The smallest absolute Gasteiger partial charge is 0.120 e. The highest BCUT2D eigenvalue weighted by Crippen LogP contribution is 2.30. The second-order valence-electron chi connectivity index (χ2n) is 5.97. The van der Waals surface area contributed by atoms with Crippen molar-refractivity contribution in [1.29, 1.82) is 0 Å². The van der Waals surface area contributed by atoms with E-state index in [4.69, 9.17) is 4.74 Å². The Kier molecular flexibility index (Phi) is 4.94. The molecule has 1 aromatic heterocycles. The van der Waals surface area contributed by atoms with Crippen LogP contribution in [0.1, 0.15) is 39.5 Å². The van der Waals surface area contributed by atoms with E-state index in [2.05, 4.69) is 28.1 Å². The van der Waals surface area contributed by atoms with Gasteiger partial charge in [-0.05, 0) is 55.3 Å². The van der Waals surface area contributed by atoms with Crippen LogP contribution in [0.2, 0.25) is 0 Å². The first-order valence-electron chi connectivity index (χ1n) is 8.63. The van der Waals surface area contributed by atoms with Crippen molar-refractivity contribution in [3.05, 3.63) is 36.7 Å². The van der Waals surface area contributed by atoms with Crippen LogP contribution in [0, 0.1) is 0 Å². The quantitative estimate of drug-likeness (QED) is 0.846. The maximum atomic E-state index is 6.16. The highest BCUT2D eigenvalue weighted by atomic mass is 16.5. The van der Waals surface area contributed by atoms with Gasteiger partial charge in [0.25, 0.3) is 0 Å². The lowest BCUT2D eigenvalue weighted by atomic mass is 10.1. The summed E-state index contributed by atoms with van der Waals surface area (Å²) < 4.78 is 6.16. The molecule has 4 rings (SSSR count). The Morgan fingerprint density at radius 1 is 1.00 bits per heavy atom. The standard InChI is InChI=1S/C17H20N2O.C2H6/c1-4-17(11-13-5-8-18-12-14(1)13)20-16-6-9-19(10-7-16)15-2-3-15;1-2/h1,4-5,8,11-12,15-16H,2-3,6-7,9-10H2;1-2H3. The average molecular weight is 298 g/mol. The third kappa shape index (κ3) is 3.58. The molecule has 0 atom stereocenters. The monoisotopic (exact) mass is 298 g/mol. The molecule has 0 spiro atoms. The van der Waals surface area contributed by atoms with Crippen LogP contribution in [-0.2, 0) is 0 Å². The molecular weight excluding hydrogens is 272 g/mol. The Balaban J connectivity index is 0.000000693. The molecule has 2 aliphatic rings. The van der Waals surface area contributed by atoms with Crippen LogP contribution in [0.15, 0.2) is 36.7 Å². The molecule has 1 saturated carbocycles. The largest absolute Gasteiger partial charge is 0.490 e. The maximum Gasteiger partial charge on any atom is 0.120 e. The second kappa shape index (κ2) is 7.10. The van der Waals surface area contributed by atoms with Gasteiger partial charge in [-0.2, -0.15) is 0 Å². The van der Waals surface area contributed by atoms with E-state index in [1.54, 1.807) is 0 Å². The summed E-state index contributed by atoms with van der Waals surface area (Å²) in [4.78, 5) is 6.77. The molecule has 1 aromatic carbocycles. The highest BCUT2D eigenvalue weighted by molar-refractivity contribution is 5.82. The molecule has 3 nitrogen and oxygen atoms in total. The molecule has 3 heteroatoms. The number of pyridine rings is 1. The van der Waals surface area contributed by atoms with E-state index < -0.39 is 0 Å². The molecule has 0 unspecified atom stereocenters. The molecule has 2 aromatic rings. The number of hydrogen-bond acceptors (Lipinski definition) is 3. The summed E-state index contributed by atoms with van der Waals surface area (Å²) >= 11 is 0. The Labute approximate surface area is 133 Å². The first kappa shape index (κ1) is 15.3. The van der Waals surface area contributed by atoms with Crippen molar-refractivity contribution in [3.8, 4) is 5.75 Å². The molecule has 1 aliphatic heterocycles. The van der Waals surface area contributed by atoms with Gasteiger partial charge >= 0.3 is 0 Å². The van der Waals surface area contributed by atoms with Crippen molar-refractivity contribution >= 4 is 10.8 Å². The molecule has 1 saturated heterocycles. The lowest BCUT2D eigenvalue weighted by molar-refractivity contribution is 0.0967. The average Bonchev–Trinajstić information content (AvgIpc) is 3.42. The van der Waals surface area contributed by atoms with Gasteiger partial charge < -0.3 is 9.64 Å². The molecule has 1 aliphatic carbocycles. The molecule has 0 radical (unpaired) electrons. The number of benzene rings is 1. The van der Waals surface area contributed by atoms with Crippen molar-refractivity contribution in [2.75, 3.05) is 13.1 Å². The Morgan fingerprint density at radius 2 is 1.77 bits per heavy atom. The van der Waals surface area contributed by atoms with Gasteiger partial charge in [-0.25, -0.2) is 0 Å². The minimum atomic E-state index is 0.379. The molecule has 0 N–H and O–H groups in total. The van der Waals surface area contributed by atoms with Crippen LogP contribution >= 0.6 is 0 Å². The first-order valence-corrected chi connectivity index (χ1v) is 8.63. The van der Waals surface area contributed by atoms with E-state index >= 15 is 0 Å². The zero-order valence-corrected chi connectivity index (χ0v) is 13.7. The number of hydrogen-bond donors (Lipinski definition) is 0. The van der Waals surface area contributed by atoms with Crippen LogP contribution in [0.3, 0.4) is 0 Å². The van der Waals surface area contributed by atoms with E-state index in [9.17, 15) is 0 Å². The third-order valence-corrected chi connectivity index (χ3v) is 4.45. The van der Waals surface area contributed by atoms with Crippen molar-refractivity contribution < 1.29 is 4.74 Å². The van der Waals surface area contributed by atoms with Crippen molar-refractivity contribution in [2.45, 2.75) is 51.7 Å². The molecule has 22 heavy (non-hydrogen) atoms. The second-order valence-corrected chi connectivity index (χ2v) is 5.97. The van der Waals surface area contributed by atoms with Gasteiger partial charge in [0.1, 0.15) is 11.9 Å². The SMILES string of the molecule is CC.c1cc2cc(OC3CCN(C4CC4)CC3)ccc2cn1. The molecule has 118 valence electrons. The number of aromatic nitrogens is 1. The summed E-state index contributed by atoms with van der Waals surface area (Å²) in [5.41, 5.74) is 0. The van der Waals surface area contributed by atoms with Crippen LogP contribution in [-0.4, -0.2) is 35.1 Å². The van der Waals surface area contributed by atoms with Gasteiger partial charge in [-0.1, -0.05) is 13.8 Å². The minimum Gasteiger partial charge on any atom is -0.490 e. The fourth-order valence-corrected chi connectivity index (χ4v) is 3.13. The van der Waals surface area contributed by atoms with E-state index in [1.807, 2.05) is 32.3 Å². The number of rotatable bonds is 3.